The molecule has 0 radical (unpaired) electrons. The van der Waals surface area contributed by atoms with E-state index in [1.54, 1.807) is 12.1 Å². The van der Waals surface area contributed by atoms with Gasteiger partial charge < -0.3 is 10.0 Å². The van der Waals surface area contributed by atoms with E-state index in [0.717, 1.165) is 23.9 Å². The van der Waals surface area contributed by atoms with Gasteiger partial charge in [0.25, 0.3) is 5.69 Å². The quantitative estimate of drug-likeness (QED) is 0.669. The molecule has 1 aliphatic heterocycles. The Hall–Kier alpha value is -1.14. The molecule has 6 heteroatoms. The molecule has 1 atom stereocenters. The topological polar surface area (TPSA) is 66.6 Å². The number of hydrogen-bond donors (Lipinski definition) is 1. The number of nitro groups is 1. The van der Waals surface area contributed by atoms with Gasteiger partial charge in [-0.15, -0.1) is 0 Å². The molecule has 1 aliphatic rings. The van der Waals surface area contributed by atoms with Crippen molar-refractivity contribution in [1.29, 1.82) is 0 Å². The molecule has 1 fully saturated rings. The minimum absolute atomic E-state index is 0.116. The number of benzene rings is 1. The number of anilines is 1. The van der Waals surface area contributed by atoms with Crippen LogP contribution in [-0.2, 0) is 0 Å². The first kappa shape index (κ1) is 14.3. The summed E-state index contributed by atoms with van der Waals surface area (Å²) in [5, 5.41) is 21.2. The smallest absolute Gasteiger partial charge is 0.292 e. The maximum atomic E-state index is 11.1. The number of aliphatic hydroxyl groups is 1. The van der Waals surface area contributed by atoms with Crippen molar-refractivity contribution in [3.63, 3.8) is 0 Å². The molecule has 0 aliphatic carbocycles. The van der Waals surface area contributed by atoms with E-state index in [0.29, 0.717) is 18.7 Å². The van der Waals surface area contributed by atoms with Crippen LogP contribution in [0.3, 0.4) is 0 Å². The standard InChI is InChI=1S/C13H17BrN2O3/c1-13(17)5-2-7-15(8-6-13)12-9-10(14)3-4-11(12)16(18)19/h3-4,9,17H,2,5-8H2,1H3. The predicted octanol–water partition coefficient (Wildman–Crippen LogP) is 3.10. The van der Waals surface area contributed by atoms with Crippen LogP contribution in [-0.4, -0.2) is 28.7 Å². The first-order valence-corrected chi connectivity index (χ1v) is 7.10. The largest absolute Gasteiger partial charge is 0.390 e. The third-order valence-electron chi connectivity index (χ3n) is 3.54. The highest BCUT2D eigenvalue weighted by atomic mass is 79.9. The number of rotatable bonds is 2. The van der Waals surface area contributed by atoms with E-state index in [-0.39, 0.29) is 10.6 Å². The SMILES string of the molecule is CC1(O)CCCN(c2cc(Br)ccc2[N+](=O)[O-])CC1. The van der Waals surface area contributed by atoms with Crippen molar-refractivity contribution in [3.8, 4) is 0 Å². The first-order chi connectivity index (χ1) is 8.89. The molecule has 0 spiro atoms. The van der Waals surface area contributed by atoms with Gasteiger partial charge >= 0.3 is 0 Å². The zero-order chi connectivity index (χ0) is 14.0. The van der Waals surface area contributed by atoms with Gasteiger partial charge in [-0.2, -0.15) is 0 Å². The molecule has 2 rings (SSSR count). The monoisotopic (exact) mass is 328 g/mol. The molecule has 1 N–H and O–H groups in total. The van der Waals surface area contributed by atoms with E-state index in [1.807, 2.05) is 11.8 Å². The van der Waals surface area contributed by atoms with Gasteiger partial charge in [0.05, 0.1) is 10.5 Å². The number of nitro benzene ring substituents is 1. The molecule has 1 saturated heterocycles. The summed E-state index contributed by atoms with van der Waals surface area (Å²) < 4.78 is 0.823. The molecule has 1 aromatic carbocycles. The van der Waals surface area contributed by atoms with E-state index >= 15 is 0 Å². The van der Waals surface area contributed by atoms with Gasteiger partial charge in [0, 0.05) is 23.6 Å². The summed E-state index contributed by atoms with van der Waals surface area (Å²) in [6.45, 7) is 3.18. The molecular formula is C13H17BrN2O3. The highest BCUT2D eigenvalue weighted by molar-refractivity contribution is 9.10. The molecule has 0 saturated carbocycles. The highest BCUT2D eigenvalue weighted by Gasteiger charge is 2.27. The van der Waals surface area contributed by atoms with Gasteiger partial charge in [0.2, 0.25) is 0 Å². The van der Waals surface area contributed by atoms with Crippen LogP contribution in [0.4, 0.5) is 11.4 Å². The molecule has 1 unspecified atom stereocenters. The zero-order valence-electron chi connectivity index (χ0n) is 10.8. The van der Waals surface area contributed by atoms with Crippen LogP contribution in [0.2, 0.25) is 0 Å². The molecular weight excluding hydrogens is 312 g/mol. The maximum absolute atomic E-state index is 11.1. The molecule has 19 heavy (non-hydrogen) atoms. The van der Waals surface area contributed by atoms with Gasteiger partial charge in [-0.1, -0.05) is 15.9 Å². The Morgan fingerprint density at radius 2 is 2.16 bits per heavy atom. The van der Waals surface area contributed by atoms with Crippen LogP contribution in [0.5, 0.6) is 0 Å². The first-order valence-electron chi connectivity index (χ1n) is 6.30. The Balaban J connectivity index is 2.30. The summed E-state index contributed by atoms with van der Waals surface area (Å²) in [6, 6.07) is 4.97. The Kier molecular flexibility index (Phi) is 4.10. The Labute approximate surface area is 120 Å². The lowest BCUT2D eigenvalue weighted by Crippen LogP contribution is -2.28. The van der Waals surface area contributed by atoms with E-state index in [2.05, 4.69) is 15.9 Å². The lowest BCUT2D eigenvalue weighted by atomic mass is 9.98. The molecule has 0 amide bonds. The fourth-order valence-corrected chi connectivity index (χ4v) is 2.76. The lowest BCUT2D eigenvalue weighted by molar-refractivity contribution is -0.384. The third kappa shape index (κ3) is 3.45. The minimum atomic E-state index is -0.671. The van der Waals surface area contributed by atoms with Crippen molar-refractivity contribution < 1.29 is 10.0 Å². The number of halogens is 1. The van der Waals surface area contributed by atoms with Crippen molar-refractivity contribution in [2.24, 2.45) is 0 Å². The molecule has 104 valence electrons. The summed E-state index contributed by atoms with van der Waals surface area (Å²) in [6.07, 6.45) is 2.18. The second kappa shape index (κ2) is 5.46. The van der Waals surface area contributed by atoms with Crippen LogP contribution < -0.4 is 4.90 Å². The summed E-state index contributed by atoms with van der Waals surface area (Å²) in [4.78, 5) is 12.7. The fourth-order valence-electron chi connectivity index (χ4n) is 2.41. The minimum Gasteiger partial charge on any atom is -0.390 e. The van der Waals surface area contributed by atoms with Crippen LogP contribution in [0.25, 0.3) is 0 Å². The van der Waals surface area contributed by atoms with Gasteiger partial charge in [0.15, 0.2) is 0 Å². The molecule has 5 nitrogen and oxygen atoms in total. The summed E-state index contributed by atoms with van der Waals surface area (Å²) in [5.74, 6) is 0. The Morgan fingerprint density at radius 3 is 2.84 bits per heavy atom. The Morgan fingerprint density at radius 1 is 1.42 bits per heavy atom. The number of hydrogen-bond acceptors (Lipinski definition) is 4. The average molecular weight is 329 g/mol. The van der Waals surface area contributed by atoms with Crippen molar-refractivity contribution in [1.82, 2.24) is 0 Å². The predicted molar refractivity (Wildman–Crippen MR) is 77.5 cm³/mol. The fraction of sp³-hybridized carbons (Fsp3) is 0.538. The molecule has 0 bridgehead atoms. The van der Waals surface area contributed by atoms with Gasteiger partial charge in [-0.05, 0) is 38.3 Å². The van der Waals surface area contributed by atoms with E-state index in [1.165, 1.54) is 6.07 Å². The molecule has 1 heterocycles. The van der Waals surface area contributed by atoms with E-state index in [4.69, 9.17) is 0 Å². The van der Waals surface area contributed by atoms with Crippen LogP contribution in [0.15, 0.2) is 22.7 Å². The van der Waals surface area contributed by atoms with Crippen LogP contribution >= 0.6 is 15.9 Å². The van der Waals surface area contributed by atoms with Crippen molar-refractivity contribution in [2.45, 2.75) is 31.8 Å². The van der Waals surface area contributed by atoms with E-state index < -0.39 is 5.60 Å². The molecule has 1 aromatic rings. The maximum Gasteiger partial charge on any atom is 0.292 e. The Bertz CT molecular complexity index is 491. The lowest BCUT2D eigenvalue weighted by Gasteiger charge is -2.24. The van der Waals surface area contributed by atoms with Crippen molar-refractivity contribution in [2.75, 3.05) is 18.0 Å². The van der Waals surface area contributed by atoms with Crippen LogP contribution in [0, 0.1) is 10.1 Å². The zero-order valence-corrected chi connectivity index (χ0v) is 12.4. The average Bonchev–Trinajstić information content (AvgIpc) is 2.49. The van der Waals surface area contributed by atoms with Crippen LogP contribution in [0.1, 0.15) is 26.2 Å². The second-order valence-corrected chi connectivity index (χ2v) is 6.14. The highest BCUT2D eigenvalue weighted by Crippen LogP contribution is 2.33. The second-order valence-electron chi connectivity index (χ2n) is 5.23. The summed E-state index contributed by atoms with van der Waals surface area (Å²) in [7, 11) is 0. The summed E-state index contributed by atoms with van der Waals surface area (Å²) in [5.41, 5.74) is 0.0667. The van der Waals surface area contributed by atoms with Gasteiger partial charge in [-0.25, -0.2) is 0 Å². The van der Waals surface area contributed by atoms with Gasteiger partial charge in [-0.3, -0.25) is 10.1 Å². The third-order valence-corrected chi connectivity index (χ3v) is 4.03. The molecule has 0 aromatic heterocycles. The summed E-state index contributed by atoms with van der Waals surface area (Å²) >= 11 is 3.36. The van der Waals surface area contributed by atoms with Gasteiger partial charge in [0.1, 0.15) is 5.69 Å². The normalized spacial score (nSPS) is 24.1. The number of nitrogens with zero attached hydrogens (tertiary/aromatic N) is 2. The van der Waals surface area contributed by atoms with Crippen molar-refractivity contribution >= 4 is 27.3 Å². The van der Waals surface area contributed by atoms with E-state index in [9.17, 15) is 15.2 Å². The van der Waals surface area contributed by atoms with Crippen molar-refractivity contribution in [3.05, 3.63) is 32.8 Å².